The molecule has 0 spiro atoms. The molecule has 4 aliphatic rings. The van der Waals surface area contributed by atoms with Gasteiger partial charge in [0.2, 0.25) is 0 Å². The van der Waals surface area contributed by atoms with Crippen LogP contribution in [0.4, 0.5) is 0 Å². The molecule has 0 heterocycles. The zero-order chi connectivity index (χ0) is 38.2. The normalized spacial score (nSPS) is 18.3. The van der Waals surface area contributed by atoms with Gasteiger partial charge < -0.3 is 19.7 Å². The fourth-order valence-corrected chi connectivity index (χ4v) is 7.73. The molecular formula is C44H81BO7S. The van der Waals surface area contributed by atoms with Crippen LogP contribution in [-0.2, 0) is 23.9 Å². The Morgan fingerprint density at radius 1 is 0.528 bits per heavy atom. The van der Waals surface area contributed by atoms with Gasteiger partial charge in [-0.05, 0) is 96.3 Å². The number of ether oxygens (including phenoxy) is 2. The fourth-order valence-electron chi connectivity index (χ4n) is 7.73. The molecule has 0 atom stereocenters. The summed E-state index contributed by atoms with van der Waals surface area (Å²) in [6.07, 6.45) is 36.9. The molecular weight excluding hydrogens is 683 g/mol. The van der Waals surface area contributed by atoms with Gasteiger partial charge >= 0.3 is 42.9 Å². The van der Waals surface area contributed by atoms with Crippen molar-refractivity contribution in [3.8, 4) is 0 Å². The van der Waals surface area contributed by atoms with Gasteiger partial charge in [0.05, 0.1) is 29.5 Å². The van der Waals surface area contributed by atoms with Gasteiger partial charge in [-0.1, -0.05) is 123 Å². The van der Waals surface area contributed by atoms with E-state index in [4.69, 9.17) is 14.6 Å². The second kappa shape index (κ2) is 27.3. The summed E-state index contributed by atoms with van der Waals surface area (Å²) in [5.74, 6) is -0.492. The van der Waals surface area contributed by atoms with E-state index in [9.17, 15) is 19.5 Å². The van der Waals surface area contributed by atoms with Crippen molar-refractivity contribution < 1.29 is 34.1 Å². The topological polar surface area (TPSA) is 110 Å². The van der Waals surface area contributed by atoms with E-state index in [1.807, 2.05) is 20.7 Å². The van der Waals surface area contributed by atoms with Crippen molar-refractivity contribution in [2.75, 3.05) is 19.8 Å². The van der Waals surface area contributed by atoms with Gasteiger partial charge in [0, 0.05) is 6.61 Å². The smallest absolute Gasteiger partial charge is 0.312 e. The second-order valence-electron chi connectivity index (χ2n) is 16.8. The molecule has 4 rings (SSSR count). The summed E-state index contributed by atoms with van der Waals surface area (Å²) in [5.41, 5.74) is -0.167. The first-order valence-corrected chi connectivity index (χ1v) is 22.2. The van der Waals surface area contributed by atoms with Crippen molar-refractivity contribution in [2.45, 2.75) is 221 Å². The summed E-state index contributed by atoms with van der Waals surface area (Å²) >= 11 is 4.27. The maximum atomic E-state index is 11.9. The van der Waals surface area contributed by atoms with Crippen LogP contribution < -0.4 is 0 Å². The summed E-state index contributed by atoms with van der Waals surface area (Å²) in [6.45, 7) is 7.01. The van der Waals surface area contributed by atoms with Crippen molar-refractivity contribution in [2.24, 2.45) is 21.7 Å². The van der Waals surface area contributed by atoms with Crippen LogP contribution in [-0.4, -0.2) is 54.1 Å². The maximum Gasteiger partial charge on any atom is 0.312 e. The zero-order valence-electron chi connectivity index (χ0n) is 33.8. The van der Waals surface area contributed by atoms with E-state index in [2.05, 4.69) is 12.1 Å². The quantitative estimate of drug-likeness (QED) is 0.0423. The summed E-state index contributed by atoms with van der Waals surface area (Å²) in [5, 5.41) is 18.4. The molecule has 53 heavy (non-hydrogen) atoms. The molecule has 0 radical (unpaired) electrons. The first-order valence-electron chi connectivity index (χ1n) is 21.7. The number of rotatable bonds is 30. The van der Waals surface area contributed by atoms with Crippen LogP contribution in [0.1, 0.15) is 214 Å². The van der Waals surface area contributed by atoms with Gasteiger partial charge in [-0.2, -0.15) is 0 Å². The molecule has 0 aromatic rings. The summed E-state index contributed by atoms with van der Waals surface area (Å²) < 4.78 is 10.4. The SMILES string of the molecule is C.CB=S.CCOC(=O)C1(CCCCCCCCCCCC2(C(=O)O)CC2)CC1.CCOC(=O)C1(CCCCCCCCCCCC2(CO)CC2)CC1. The number of carbonyl (C=O) groups is 3. The van der Waals surface area contributed by atoms with Crippen LogP contribution in [0.15, 0.2) is 0 Å². The van der Waals surface area contributed by atoms with Gasteiger partial charge in [-0.3, -0.25) is 14.4 Å². The van der Waals surface area contributed by atoms with E-state index >= 15 is 0 Å². The molecule has 7 nitrogen and oxygen atoms in total. The molecule has 4 fully saturated rings. The number of carboxylic acids is 1. The predicted octanol–water partition coefficient (Wildman–Crippen LogP) is 12.4. The molecule has 0 unspecified atom stereocenters. The third-order valence-electron chi connectivity index (χ3n) is 12.4. The van der Waals surface area contributed by atoms with Crippen molar-refractivity contribution >= 4 is 36.1 Å². The monoisotopic (exact) mass is 765 g/mol. The number of hydrogen-bond donors (Lipinski definition) is 2. The molecule has 9 heteroatoms. The van der Waals surface area contributed by atoms with Crippen molar-refractivity contribution in [3.63, 3.8) is 0 Å². The van der Waals surface area contributed by atoms with Crippen LogP contribution in [0, 0.1) is 21.7 Å². The molecule has 0 aromatic heterocycles. The molecule has 2 N–H and O–H groups in total. The number of carbonyl (C=O) groups excluding carboxylic acids is 2. The number of hydrogen-bond acceptors (Lipinski definition) is 7. The molecule has 4 aliphatic carbocycles. The average Bonchev–Trinajstić information content (AvgIpc) is 3.94. The Hall–Kier alpha value is -1.35. The Morgan fingerprint density at radius 2 is 0.792 bits per heavy atom. The fraction of sp³-hybridized carbons (Fsp3) is 0.932. The van der Waals surface area contributed by atoms with Gasteiger partial charge in [0.1, 0.15) is 0 Å². The van der Waals surface area contributed by atoms with Crippen LogP contribution in [0.25, 0.3) is 0 Å². The third-order valence-corrected chi connectivity index (χ3v) is 12.4. The van der Waals surface area contributed by atoms with E-state index in [0.29, 0.717) is 25.2 Å². The minimum absolute atomic E-state index is 0. The Morgan fingerprint density at radius 3 is 1.02 bits per heavy atom. The molecule has 4 saturated carbocycles. The first kappa shape index (κ1) is 49.7. The van der Waals surface area contributed by atoms with Crippen LogP contribution in [0.5, 0.6) is 0 Å². The maximum absolute atomic E-state index is 11.9. The van der Waals surface area contributed by atoms with Crippen LogP contribution in [0.2, 0.25) is 6.82 Å². The number of esters is 2. The molecule has 0 saturated heterocycles. The van der Waals surface area contributed by atoms with Gasteiger partial charge in [0.15, 0.2) is 0 Å². The Kier molecular flexibility index (Phi) is 25.6. The molecule has 0 aromatic carbocycles. The van der Waals surface area contributed by atoms with Crippen molar-refractivity contribution in [1.82, 2.24) is 0 Å². The van der Waals surface area contributed by atoms with Gasteiger partial charge in [-0.15, -0.1) is 0 Å². The Labute approximate surface area is 331 Å². The van der Waals surface area contributed by atoms with Crippen LogP contribution >= 0.6 is 12.1 Å². The van der Waals surface area contributed by atoms with E-state index in [0.717, 1.165) is 70.6 Å². The molecule has 0 amide bonds. The zero-order valence-corrected chi connectivity index (χ0v) is 34.6. The minimum Gasteiger partial charge on any atom is -0.481 e. The molecule has 0 bridgehead atoms. The summed E-state index contributed by atoms with van der Waals surface area (Å²) in [7, 11) is 0. The summed E-state index contributed by atoms with van der Waals surface area (Å²) in [4.78, 5) is 34.8. The average molecular weight is 765 g/mol. The van der Waals surface area contributed by atoms with Crippen molar-refractivity contribution in [1.29, 1.82) is 0 Å². The van der Waals surface area contributed by atoms with E-state index in [1.165, 1.54) is 122 Å². The largest absolute Gasteiger partial charge is 0.481 e. The first-order chi connectivity index (χ1) is 25.1. The minimum atomic E-state index is -0.580. The van der Waals surface area contributed by atoms with E-state index in [1.54, 1.807) is 6.15 Å². The van der Waals surface area contributed by atoms with Gasteiger partial charge in [0.25, 0.3) is 0 Å². The number of carboxylic acid groups (broad SMARTS) is 1. The van der Waals surface area contributed by atoms with E-state index < -0.39 is 5.97 Å². The van der Waals surface area contributed by atoms with Crippen LogP contribution in [0.3, 0.4) is 0 Å². The Balaban J connectivity index is 0.000000485. The Bertz CT molecular complexity index is 1020. The standard InChI is InChI=1S/C21H36O4.C21H38O3.CH3BS.CH4/c1-2-25-19(24)21(16-17-21)13-11-9-7-5-3-4-6-8-10-12-20(14-15-20)18(22)23;1-2-24-19(23)21(16-17-21)13-11-9-7-5-3-4-6-8-10-12-20(18-22)14-15-20;1-2-3;/h2-17H2,1H3,(H,22,23);22H,2-18H2,1H3;1H3;1H4. The number of aliphatic carboxylic acids is 1. The van der Waals surface area contributed by atoms with Gasteiger partial charge in [-0.25, -0.2) is 0 Å². The predicted molar refractivity (Wildman–Crippen MR) is 222 cm³/mol. The number of aliphatic hydroxyl groups excluding tert-OH is 1. The molecule has 308 valence electrons. The number of aliphatic hydroxyl groups is 1. The summed E-state index contributed by atoms with van der Waals surface area (Å²) in [6, 6.07) is 0. The molecule has 0 aliphatic heterocycles. The van der Waals surface area contributed by atoms with E-state index in [-0.39, 0.29) is 35.6 Å². The van der Waals surface area contributed by atoms with Crippen molar-refractivity contribution in [3.05, 3.63) is 0 Å². The second-order valence-corrected chi connectivity index (χ2v) is 17.3. The third kappa shape index (κ3) is 19.9. The number of unbranched alkanes of at least 4 members (excludes halogenated alkanes) is 16.